The van der Waals surface area contributed by atoms with Crippen molar-refractivity contribution in [1.29, 1.82) is 0 Å². The average molecular weight is 455 g/mol. The Hall–Kier alpha value is -0.400. The first-order chi connectivity index (χ1) is 10.7. The molecule has 2 heterocycles. The van der Waals surface area contributed by atoms with E-state index in [-0.39, 0.29) is 30.7 Å². The zero-order valence-electron chi connectivity index (χ0n) is 13.2. The minimum atomic E-state index is 0. The van der Waals surface area contributed by atoms with E-state index < -0.39 is 0 Å². The van der Waals surface area contributed by atoms with E-state index in [2.05, 4.69) is 37.6 Å². The predicted octanol–water partition coefficient (Wildman–Crippen LogP) is 3.95. The van der Waals surface area contributed by atoms with Gasteiger partial charge in [0.1, 0.15) is 0 Å². The van der Waals surface area contributed by atoms with Gasteiger partial charge in [0.05, 0.1) is 15.2 Å². The number of nitrogens with zero attached hydrogens (tertiary/aromatic N) is 1. The molecule has 0 aliphatic carbocycles. The molecule has 134 valence electrons. The molecule has 1 fully saturated rings. The van der Waals surface area contributed by atoms with Crippen LogP contribution in [0.15, 0.2) is 22.7 Å². The Morgan fingerprint density at radius 1 is 1.42 bits per heavy atom. The molecule has 0 saturated carbocycles. The van der Waals surface area contributed by atoms with Crippen molar-refractivity contribution >= 4 is 68.2 Å². The summed E-state index contributed by atoms with van der Waals surface area (Å²) in [5, 5.41) is 7.46. The van der Waals surface area contributed by atoms with Crippen molar-refractivity contribution in [3.8, 4) is 0 Å². The summed E-state index contributed by atoms with van der Waals surface area (Å²) in [7, 11) is 0. The summed E-state index contributed by atoms with van der Waals surface area (Å²) in [6.07, 6.45) is 3.65. The average Bonchev–Trinajstić information content (AvgIpc) is 2.94. The van der Waals surface area contributed by atoms with Gasteiger partial charge in [0.15, 0.2) is 0 Å². The summed E-state index contributed by atoms with van der Waals surface area (Å²) >= 11 is 5.13. The summed E-state index contributed by atoms with van der Waals surface area (Å²) in [6.45, 7) is 2.92. The Labute approximate surface area is 167 Å². The standard InChI is InChI=1S/C16H20BrN3OS.2ClH/c17-12-3-4-14-13(8-12)20-16(22-14)6-5-15(21)19-10-11-2-1-7-18-9-11;;/h3-4,8,11,18H,1-2,5-7,9-10H2,(H,19,21);2*1H. The lowest BCUT2D eigenvalue weighted by atomic mass is 10.00. The molecular formula is C16H22BrCl2N3OS. The molecule has 8 heteroatoms. The van der Waals surface area contributed by atoms with Crippen LogP contribution >= 0.6 is 52.1 Å². The molecule has 1 saturated heterocycles. The molecule has 0 radical (unpaired) electrons. The molecule has 0 spiro atoms. The minimum Gasteiger partial charge on any atom is -0.356 e. The van der Waals surface area contributed by atoms with E-state index in [1.54, 1.807) is 11.3 Å². The number of hydrogen-bond donors (Lipinski definition) is 2. The molecule has 24 heavy (non-hydrogen) atoms. The Morgan fingerprint density at radius 2 is 2.25 bits per heavy atom. The van der Waals surface area contributed by atoms with E-state index in [1.807, 2.05) is 12.1 Å². The fourth-order valence-electron chi connectivity index (χ4n) is 2.72. The lowest BCUT2D eigenvalue weighted by Gasteiger charge is -2.22. The van der Waals surface area contributed by atoms with Gasteiger partial charge in [-0.15, -0.1) is 36.2 Å². The molecule has 1 aliphatic heterocycles. The number of fused-ring (bicyclic) bond motifs is 1. The number of carbonyl (C=O) groups is 1. The second-order valence-corrected chi connectivity index (χ2v) is 7.77. The Bertz CT molecular complexity index is 662. The van der Waals surface area contributed by atoms with Gasteiger partial charge in [-0.1, -0.05) is 15.9 Å². The van der Waals surface area contributed by atoms with Crippen LogP contribution in [0.2, 0.25) is 0 Å². The number of aryl methyl sites for hydroxylation is 1. The van der Waals surface area contributed by atoms with E-state index in [0.29, 0.717) is 18.8 Å². The molecule has 3 rings (SSSR count). The highest BCUT2D eigenvalue weighted by atomic mass is 79.9. The van der Waals surface area contributed by atoms with E-state index >= 15 is 0 Å². The van der Waals surface area contributed by atoms with E-state index in [4.69, 9.17) is 0 Å². The molecule has 1 atom stereocenters. The van der Waals surface area contributed by atoms with Gasteiger partial charge in [0, 0.05) is 23.9 Å². The van der Waals surface area contributed by atoms with Crippen molar-refractivity contribution in [3.05, 3.63) is 27.7 Å². The summed E-state index contributed by atoms with van der Waals surface area (Å²) in [4.78, 5) is 16.6. The van der Waals surface area contributed by atoms with Crippen molar-refractivity contribution in [3.63, 3.8) is 0 Å². The molecule has 2 aromatic rings. The largest absolute Gasteiger partial charge is 0.356 e. The highest BCUT2D eigenvalue weighted by Crippen LogP contribution is 2.25. The van der Waals surface area contributed by atoms with Gasteiger partial charge in [0.2, 0.25) is 5.91 Å². The number of thiazole rings is 1. The van der Waals surface area contributed by atoms with Crippen molar-refractivity contribution in [2.24, 2.45) is 5.92 Å². The molecule has 1 aromatic carbocycles. The van der Waals surface area contributed by atoms with Gasteiger partial charge in [0.25, 0.3) is 0 Å². The van der Waals surface area contributed by atoms with Crippen LogP contribution in [-0.4, -0.2) is 30.5 Å². The number of benzene rings is 1. The predicted molar refractivity (Wildman–Crippen MR) is 109 cm³/mol. The second-order valence-electron chi connectivity index (χ2n) is 5.74. The zero-order chi connectivity index (χ0) is 15.4. The molecule has 1 aliphatic rings. The normalized spacial score (nSPS) is 17.0. The fourth-order valence-corrected chi connectivity index (χ4v) is 4.02. The first-order valence-corrected chi connectivity index (χ1v) is 9.34. The monoisotopic (exact) mass is 453 g/mol. The van der Waals surface area contributed by atoms with Gasteiger partial charge in [-0.25, -0.2) is 4.98 Å². The lowest BCUT2D eigenvalue weighted by molar-refractivity contribution is -0.121. The van der Waals surface area contributed by atoms with Crippen molar-refractivity contribution < 1.29 is 4.79 Å². The smallest absolute Gasteiger partial charge is 0.220 e. The molecular weight excluding hydrogens is 433 g/mol. The van der Waals surface area contributed by atoms with Crippen molar-refractivity contribution in [2.75, 3.05) is 19.6 Å². The number of carbonyl (C=O) groups excluding carboxylic acids is 1. The Kier molecular flexibility index (Phi) is 9.52. The van der Waals surface area contributed by atoms with Gasteiger partial charge in [-0.2, -0.15) is 0 Å². The molecule has 4 nitrogen and oxygen atoms in total. The van der Waals surface area contributed by atoms with Crippen LogP contribution in [0.25, 0.3) is 10.2 Å². The molecule has 0 bridgehead atoms. The van der Waals surface area contributed by atoms with Crippen molar-refractivity contribution in [2.45, 2.75) is 25.7 Å². The third kappa shape index (κ3) is 6.15. The van der Waals surface area contributed by atoms with E-state index in [0.717, 1.165) is 34.6 Å². The maximum Gasteiger partial charge on any atom is 0.220 e. The van der Waals surface area contributed by atoms with Crippen LogP contribution in [0.5, 0.6) is 0 Å². The molecule has 1 aromatic heterocycles. The number of amides is 1. The third-order valence-electron chi connectivity index (χ3n) is 3.95. The molecule has 2 N–H and O–H groups in total. The van der Waals surface area contributed by atoms with Crippen molar-refractivity contribution in [1.82, 2.24) is 15.6 Å². The van der Waals surface area contributed by atoms with Gasteiger partial charge >= 0.3 is 0 Å². The van der Waals surface area contributed by atoms with Crippen LogP contribution in [-0.2, 0) is 11.2 Å². The second kappa shape index (κ2) is 10.6. The summed E-state index contributed by atoms with van der Waals surface area (Å²) < 4.78 is 2.21. The first-order valence-electron chi connectivity index (χ1n) is 7.73. The maximum atomic E-state index is 12.0. The minimum absolute atomic E-state index is 0. The highest BCUT2D eigenvalue weighted by molar-refractivity contribution is 9.10. The maximum absolute atomic E-state index is 12.0. The van der Waals surface area contributed by atoms with Crippen LogP contribution in [0.4, 0.5) is 0 Å². The quantitative estimate of drug-likeness (QED) is 0.718. The lowest BCUT2D eigenvalue weighted by Crippen LogP contribution is -2.38. The van der Waals surface area contributed by atoms with Crippen LogP contribution in [0.1, 0.15) is 24.3 Å². The Balaban J connectivity index is 0.00000144. The van der Waals surface area contributed by atoms with Crippen LogP contribution in [0.3, 0.4) is 0 Å². The summed E-state index contributed by atoms with van der Waals surface area (Å²) in [5.74, 6) is 0.712. The number of nitrogens with one attached hydrogen (secondary N) is 2. The highest BCUT2D eigenvalue weighted by Gasteiger charge is 2.14. The number of piperidine rings is 1. The van der Waals surface area contributed by atoms with Gasteiger partial charge in [-0.3, -0.25) is 4.79 Å². The summed E-state index contributed by atoms with van der Waals surface area (Å²) in [6, 6.07) is 6.11. The number of rotatable bonds is 5. The zero-order valence-corrected chi connectivity index (χ0v) is 17.3. The third-order valence-corrected chi connectivity index (χ3v) is 5.54. The SMILES string of the molecule is Cl.Cl.O=C(CCc1nc2cc(Br)ccc2s1)NCC1CCCNC1. The van der Waals surface area contributed by atoms with Gasteiger partial charge < -0.3 is 10.6 Å². The first kappa shape index (κ1) is 21.6. The Morgan fingerprint density at radius 3 is 3.00 bits per heavy atom. The topological polar surface area (TPSA) is 54.0 Å². The summed E-state index contributed by atoms with van der Waals surface area (Å²) in [5.41, 5.74) is 1.00. The molecule has 1 unspecified atom stereocenters. The van der Waals surface area contributed by atoms with Crippen LogP contribution < -0.4 is 10.6 Å². The number of hydrogen-bond acceptors (Lipinski definition) is 4. The van der Waals surface area contributed by atoms with E-state index in [1.165, 1.54) is 17.5 Å². The number of halogens is 3. The fraction of sp³-hybridized carbons (Fsp3) is 0.500. The number of aromatic nitrogens is 1. The van der Waals surface area contributed by atoms with Crippen LogP contribution in [0, 0.1) is 5.92 Å². The van der Waals surface area contributed by atoms with E-state index in [9.17, 15) is 4.79 Å². The molecule has 1 amide bonds. The van der Waals surface area contributed by atoms with Gasteiger partial charge in [-0.05, 0) is 50.0 Å².